The number of carboxylic acids is 1. The van der Waals surface area contributed by atoms with Crippen LogP contribution in [0.5, 0.6) is 0 Å². The predicted octanol–water partition coefficient (Wildman–Crippen LogP) is 0.827. The molecule has 1 saturated heterocycles. The molecule has 0 bridgehead atoms. The maximum absolute atomic E-state index is 11.5. The van der Waals surface area contributed by atoms with Crippen LogP contribution in [-0.2, 0) is 9.59 Å². The van der Waals surface area contributed by atoms with Crippen LogP contribution in [0.4, 0.5) is 0 Å². The zero-order valence-electron chi connectivity index (χ0n) is 10.6. The molecule has 1 aliphatic rings. The van der Waals surface area contributed by atoms with Crippen molar-refractivity contribution in [3.63, 3.8) is 0 Å². The maximum Gasteiger partial charge on any atom is 0.310 e. The second kappa shape index (κ2) is 5.49. The number of carbonyl (C=O) groups is 2. The van der Waals surface area contributed by atoms with E-state index in [0.717, 1.165) is 19.4 Å². The number of nitrogens with zero attached hydrogens (tertiary/aromatic N) is 1. The second-order valence-corrected chi connectivity index (χ2v) is 4.99. The summed E-state index contributed by atoms with van der Waals surface area (Å²) >= 11 is 0. The molecule has 5 heteroatoms. The molecule has 3 N–H and O–H groups in total. The minimum Gasteiger partial charge on any atom is -0.481 e. The lowest BCUT2D eigenvalue weighted by Crippen LogP contribution is -2.53. The molecular weight excluding hydrogens is 220 g/mol. The molecule has 1 rings (SSSR count). The Labute approximate surface area is 102 Å². The van der Waals surface area contributed by atoms with Crippen molar-refractivity contribution in [2.24, 2.45) is 11.1 Å². The number of amides is 1. The molecule has 0 aromatic carbocycles. The van der Waals surface area contributed by atoms with Gasteiger partial charge in [-0.05, 0) is 32.7 Å². The van der Waals surface area contributed by atoms with Crippen molar-refractivity contribution in [2.75, 3.05) is 13.1 Å². The lowest BCUT2D eigenvalue weighted by Gasteiger charge is -2.41. The Morgan fingerprint density at radius 1 is 1.53 bits per heavy atom. The first-order valence-electron chi connectivity index (χ1n) is 6.19. The fourth-order valence-electron chi connectivity index (χ4n) is 2.64. The number of rotatable bonds is 5. The van der Waals surface area contributed by atoms with E-state index in [-0.39, 0.29) is 11.9 Å². The first-order valence-corrected chi connectivity index (χ1v) is 6.19. The van der Waals surface area contributed by atoms with Crippen LogP contribution < -0.4 is 5.73 Å². The summed E-state index contributed by atoms with van der Waals surface area (Å²) in [5, 5.41) is 9.42. The molecule has 1 aliphatic heterocycles. The van der Waals surface area contributed by atoms with Crippen LogP contribution >= 0.6 is 0 Å². The van der Waals surface area contributed by atoms with Crippen molar-refractivity contribution in [2.45, 2.75) is 45.6 Å². The van der Waals surface area contributed by atoms with Crippen molar-refractivity contribution >= 4 is 11.9 Å². The number of nitrogens with two attached hydrogens (primary N) is 1. The summed E-state index contributed by atoms with van der Waals surface area (Å²) in [6.07, 6.45) is 3.00. The van der Waals surface area contributed by atoms with Gasteiger partial charge in [0.05, 0.1) is 11.5 Å². The van der Waals surface area contributed by atoms with Gasteiger partial charge in [-0.25, -0.2) is 0 Å². The summed E-state index contributed by atoms with van der Waals surface area (Å²) in [7, 11) is 0. The first kappa shape index (κ1) is 14.0. The van der Waals surface area contributed by atoms with Crippen molar-refractivity contribution < 1.29 is 14.7 Å². The highest BCUT2D eigenvalue weighted by Gasteiger charge is 2.43. The molecule has 0 radical (unpaired) electrons. The van der Waals surface area contributed by atoms with Crippen LogP contribution in [0.3, 0.4) is 0 Å². The summed E-state index contributed by atoms with van der Waals surface area (Å²) in [5.74, 6) is -1.14. The van der Waals surface area contributed by atoms with Gasteiger partial charge in [0.25, 0.3) is 0 Å². The van der Waals surface area contributed by atoms with Crippen LogP contribution in [0, 0.1) is 5.41 Å². The summed E-state index contributed by atoms with van der Waals surface area (Å²) in [4.78, 5) is 24.5. The monoisotopic (exact) mass is 242 g/mol. The van der Waals surface area contributed by atoms with E-state index in [2.05, 4.69) is 0 Å². The Morgan fingerprint density at radius 3 is 2.65 bits per heavy atom. The molecule has 1 fully saturated rings. The van der Waals surface area contributed by atoms with Crippen LogP contribution in [0.15, 0.2) is 0 Å². The molecule has 0 saturated carbocycles. The fourth-order valence-corrected chi connectivity index (χ4v) is 2.64. The van der Waals surface area contributed by atoms with Gasteiger partial charge in [0.15, 0.2) is 0 Å². The SMILES string of the molecule is CCCC1(C(=O)O)CCCN(C(C)C(N)=O)C1. The van der Waals surface area contributed by atoms with E-state index < -0.39 is 11.4 Å². The van der Waals surface area contributed by atoms with E-state index in [4.69, 9.17) is 5.73 Å². The lowest BCUT2D eigenvalue weighted by molar-refractivity contribution is -0.154. The Kier molecular flexibility index (Phi) is 4.51. The van der Waals surface area contributed by atoms with Crippen molar-refractivity contribution in [1.82, 2.24) is 4.90 Å². The lowest BCUT2D eigenvalue weighted by atomic mass is 9.76. The fraction of sp³-hybridized carbons (Fsp3) is 0.833. The summed E-state index contributed by atoms with van der Waals surface area (Å²) in [6.45, 7) is 4.91. The molecule has 1 heterocycles. The number of hydrogen-bond acceptors (Lipinski definition) is 3. The molecule has 0 aliphatic carbocycles. The number of carbonyl (C=O) groups excluding carboxylic acids is 1. The second-order valence-electron chi connectivity index (χ2n) is 4.99. The van der Waals surface area contributed by atoms with E-state index >= 15 is 0 Å². The van der Waals surface area contributed by atoms with Gasteiger partial charge in [-0.2, -0.15) is 0 Å². The largest absolute Gasteiger partial charge is 0.481 e. The van der Waals surface area contributed by atoms with E-state index in [1.807, 2.05) is 11.8 Å². The highest BCUT2D eigenvalue weighted by atomic mass is 16.4. The van der Waals surface area contributed by atoms with E-state index in [1.54, 1.807) is 6.92 Å². The van der Waals surface area contributed by atoms with Gasteiger partial charge in [-0.15, -0.1) is 0 Å². The molecule has 1 amide bonds. The predicted molar refractivity (Wildman–Crippen MR) is 64.4 cm³/mol. The van der Waals surface area contributed by atoms with Crippen molar-refractivity contribution in [3.8, 4) is 0 Å². The molecule has 17 heavy (non-hydrogen) atoms. The third-order valence-electron chi connectivity index (χ3n) is 3.75. The molecular formula is C12H22N2O3. The highest BCUT2D eigenvalue weighted by Crippen LogP contribution is 2.35. The van der Waals surface area contributed by atoms with Crippen LogP contribution in [0.1, 0.15) is 39.5 Å². The molecule has 98 valence electrons. The molecule has 2 atom stereocenters. The molecule has 0 spiro atoms. The molecule has 0 aromatic heterocycles. The first-order chi connectivity index (χ1) is 7.93. The van der Waals surface area contributed by atoms with Gasteiger partial charge in [-0.3, -0.25) is 14.5 Å². The molecule has 2 unspecified atom stereocenters. The zero-order chi connectivity index (χ0) is 13.1. The Morgan fingerprint density at radius 2 is 2.18 bits per heavy atom. The number of likely N-dealkylation sites (tertiary alicyclic amines) is 1. The number of aliphatic carboxylic acids is 1. The summed E-state index contributed by atoms with van der Waals surface area (Å²) in [5.41, 5.74) is 4.58. The van der Waals surface area contributed by atoms with Crippen LogP contribution in [0.25, 0.3) is 0 Å². The average molecular weight is 242 g/mol. The minimum absolute atomic E-state index is 0.383. The maximum atomic E-state index is 11.5. The van der Waals surface area contributed by atoms with Crippen molar-refractivity contribution in [1.29, 1.82) is 0 Å². The smallest absolute Gasteiger partial charge is 0.310 e. The quantitative estimate of drug-likeness (QED) is 0.748. The number of hydrogen-bond donors (Lipinski definition) is 2. The minimum atomic E-state index is -0.749. The third kappa shape index (κ3) is 2.97. The van der Waals surface area contributed by atoms with Crippen LogP contribution in [0.2, 0.25) is 0 Å². The Bertz CT molecular complexity index is 302. The van der Waals surface area contributed by atoms with E-state index in [9.17, 15) is 14.7 Å². The van der Waals surface area contributed by atoms with Gasteiger partial charge < -0.3 is 10.8 Å². The van der Waals surface area contributed by atoms with Gasteiger partial charge >= 0.3 is 5.97 Å². The molecule has 5 nitrogen and oxygen atoms in total. The topological polar surface area (TPSA) is 83.6 Å². The van der Waals surface area contributed by atoms with Gasteiger partial charge in [-0.1, -0.05) is 13.3 Å². The zero-order valence-corrected chi connectivity index (χ0v) is 10.6. The Hall–Kier alpha value is -1.10. The van der Waals surface area contributed by atoms with E-state index in [1.165, 1.54) is 0 Å². The van der Waals surface area contributed by atoms with Gasteiger partial charge in [0, 0.05) is 6.54 Å². The number of piperidine rings is 1. The van der Waals surface area contributed by atoms with Crippen molar-refractivity contribution in [3.05, 3.63) is 0 Å². The van der Waals surface area contributed by atoms with Crippen LogP contribution in [-0.4, -0.2) is 41.0 Å². The summed E-state index contributed by atoms with van der Waals surface area (Å²) in [6, 6.07) is -0.383. The van der Waals surface area contributed by atoms with E-state index in [0.29, 0.717) is 19.4 Å². The molecule has 0 aromatic rings. The highest BCUT2D eigenvalue weighted by molar-refractivity contribution is 5.80. The Balaban J connectivity index is 2.81. The average Bonchev–Trinajstić information content (AvgIpc) is 2.28. The van der Waals surface area contributed by atoms with Gasteiger partial charge in [0.2, 0.25) is 5.91 Å². The summed E-state index contributed by atoms with van der Waals surface area (Å²) < 4.78 is 0. The number of primary amides is 1. The standard InChI is InChI=1S/C12H22N2O3/c1-3-5-12(11(16)17)6-4-7-14(8-12)9(2)10(13)15/h9H,3-8H2,1-2H3,(H2,13,15)(H,16,17). The normalized spacial score (nSPS) is 27.6. The third-order valence-corrected chi connectivity index (χ3v) is 3.75. The number of carboxylic acid groups (broad SMARTS) is 1. The van der Waals surface area contributed by atoms with Gasteiger partial charge in [0.1, 0.15) is 0 Å².